The van der Waals surface area contributed by atoms with Gasteiger partial charge in [-0.1, -0.05) is 46.7 Å². The second-order valence-electron chi connectivity index (χ2n) is 9.24. The number of hydrogen-bond donors (Lipinski definition) is 2. The molecule has 1 aliphatic heterocycles. The minimum Gasteiger partial charge on any atom is -0.507 e. The van der Waals surface area contributed by atoms with Crippen molar-refractivity contribution in [3.63, 3.8) is 0 Å². The van der Waals surface area contributed by atoms with Crippen LogP contribution in [0, 0.1) is 6.92 Å². The molecule has 7 heteroatoms. The maximum absolute atomic E-state index is 12.4. The second-order valence-corrected chi connectivity index (χ2v) is 10.3. The fourth-order valence-corrected chi connectivity index (χ4v) is 3.86. The van der Waals surface area contributed by atoms with Crippen molar-refractivity contribution < 1.29 is 14.4 Å². The Labute approximate surface area is 175 Å². The average molecular weight is 414 g/mol. The first kappa shape index (κ1) is 21.2. The molecule has 1 aromatic heterocycles. The zero-order valence-corrected chi connectivity index (χ0v) is 18.7. The quantitative estimate of drug-likeness (QED) is 0.663. The van der Waals surface area contributed by atoms with E-state index in [0.29, 0.717) is 27.4 Å². The van der Waals surface area contributed by atoms with Crippen LogP contribution in [-0.4, -0.2) is 21.3 Å². The normalized spacial score (nSPS) is 18.0. The fraction of sp³-hybridized carbons (Fsp3) is 0.409. The maximum Gasteiger partial charge on any atom is 0.264 e. The van der Waals surface area contributed by atoms with E-state index < -0.39 is 0 Å². The van der Waals surface area contributed by atoms with Crippen molar-refractivity contribution in [1.29, 1.82) is 0 Å². The topological polar surface area (TPSA) is 87.7 Å². The molecule has 3 rings (SSSR count). The molecule has 1 aromatic carbocycles. The lowest BCUT2D eigenvalue weighted by atomic mass is 9.78. The summed E-state index contributed by atoms with van der Waals surface area (Å²) in [6.45, 7) is 14.2. The number of phenols is 1. The molecule has 0 atom stereocenters. The van der Waals surface area contributed by atoms with Gasteiger partial charge in [-0.15, -0.1) is 0 Å². The Balaban J connectivity index is 2.01. The summed E-state index contributed by atoms with van der Waals surface area (Å²) in [6, 6.07) is 5.59. The number of nitrogens with one attached hydrogen (secondary N) is 1. The Morgan fingerprint density at radius 1 is 1.10 bits per heavy atom. The van der Waals surface area contributed by atoms with Crippen LogP contribution in [0.3, 0.4) is 0 Å². The summed E-state index contributed by atoms with van der Waals surface area (Å²) in [5, 5.41) is 17.9. The van der Waals surface area contributed by atoms with E-state index in [1.165, 1.54) is 11.8 Å². The van der Waals surface area contributed by atoms with Crippen molar-refractivity contribution in [1.82, 2.24) is 10.5 Å². The van der Waals surface area contributed by atoms with Gasteiger partial charge in [0.1, 0.15) is 11.5 Å². The Kier molecular flexibility index (Phi) is 5.38. The lowest BCUT2D eigenvalue weighted by molar-refractivity contribution is -0.115. The molecule has 154 valence electrons. The number of amidine groups is 1. The van der Waals surface area contributed by atoms with Gasteiger partial charge in [-0.2, -0.15) is 0 Å². The third kappa shape index (κ3) is 4.72. The molecule has 2 N–H and O–H groups in total. The molecule has 29 heavy (non-hydrogen) atoms. The van der Waals surface area contributed by atoms with Gasteiger partial charge in [0.25, 0.3) is 5.91 Å². The average Bonchev–Trinajstić information content (AvgIpc) is 3.12. The maximum atomic E-state index is 12.4. The molecule has 0 saturated carbocycles. The van der Waals surface area contributed by atoms with Crippen LogP contribution >= 0.6 is 11.8 Å². The summed E-state index contributed by atoms with van der Waals surface area (Å²) in [5.74, 6) is 1.18. The van der Waals surface area contributed by atoms with Crippen LogP contribution in [0.15, 0.2) is 32.6 Å². The number of carbonyl (C=O) groups is 1. The van der Waals surface area contributed by atoms with Crippen LogP contribution in [0.4, 0.5) is 5.82 Å². The molecule has 2 heterocycles. The summed E-state index contributed by atoms with van der Waals surface area (Å²) in [7, 11) is 0. The van der Waals surface area contributed by atoms with Crippen molar-refractivity contribution in [3.8, 4) is 5.75 Å². The number of amides is 1. The zero-order valence-electron chi connectivity index (χ0n) is 17.9. The molecule has 0 spiro atoms. The Bertz CT molecular complexity index is 986. The van der Waals surface area contributed by atoms with Crippen LogP contribution in [-0.2, 0) is 15.6 Å². The molecule has 1 aliphatic rings. The molecule has 1 saturated heterocycles. The lowest BCUT2D eigenvalue weighted by Crippen LogP contribution is -2.19. The minimum absolute atomic E-state index is 0.211. The predicted octanol–water partition coefficient (Wildman–Crippen LogP) is 5.18. The van der Waals surface area contributed by atoms with E-state index in [2.05, 4.69) is 57.0 Å². The van der Waals surface area contributed by atoms with E-state index in [1.807, 2.05) is 18.2 Å². The van der Waals surface area contributed by atoms with E-state index in [-0.39, 0.29) is 16.7 Å². The van der Waals surface area contributed by atoms with E-state index in [1.54, 1.807) is 13.0 Å². The van der Waals surface area contributed by atoms with Gasteiger partial charge >= 0.3 is 0 Å². The van der Waals surface area contributed by atoms with Crippen LogP contribution < -0.4 is 5.32 Å². The summed E-state index contributed by atoms with van der Waals surface area (Å²) in [6.07, 6.45) is 1.83. The molecular weight excluding hydrogens is 386 g/mol. The molecule has 0 bridgehead atoms. The second kappa shape index (κ2) is 7.37. The zero-order chi connectivity index (χ0) is 21.6. The number of benzene rings is 1. The number of nitrogens with zero attached hydrogens (tertiary/aromatic N) is 2. The highest BCUT2D eigenvalue weighted by Crippen LogP contribution is 2.40. The number of rotatable bonds is 2. The van der Waals surface area contributed by atoms with E-state index in [0.717, 1.165) is 16.7 Å². The minimum atomic E-state index is -0.235. The van der Waals surface area contributed by atoms with Gasteiger partial charge in [-0.3, -0.25) is 4.79 Å². The van der Waals surface area contributed by atoms with Crippen LogP contribution in [0.1, 0.15) is 64.0 Å². The van der Waals surface area contributed by atoms with Gasteiger partial charge in [0.2, 0.25) is 0 Å². The summed E-state index contributed by atoms with van der Waals surface area (Å²) < 4.78 is 5.01. The number of hydrogen-bond acceptors (Lipinski definition) is 6. The van der Waals surface area contributed by atoms with E-state index in [9.17, 15) is 9.90 Å². The van der Waals surface area contributed by atoms with Gasteiger partial charge in [0.15, 0.2) is 11.0 Å². The number of aryl methyl sites for hydroxylation is 1. The van der Waals surface area contributed by atoms with Gasteiger partial charge in [-0.05, 0) is 53.3 Å². The molecule has 0 aliphatic carbocycles. The number of thioether (sulfide) groups is 1. The highest BCUT2D eigenvalue weighted by molar-refractivity contribution is 8.18. The first-order valence-corrected chi connectivity index (χ1v) is 10.3. The summed E-state index contributed by atoms with van der Waals surface area (Å²) in [4.78, 5) is 17.3. The summed E-state index contributed by atoms with van der Waals surface area (Å²) >= 11 is 1.25. The van der Waals surface area contributed by atoms with Gasteiger partial charge in [0, 0.05) is 17.2 Å². The van der Waals surface area contributed by atoms with Crippen molar-refractivity contribution >= 4 is 34.7 Å². The standard InChI is InChI=1S/C22H27N3O3S/c1-12-8-17(25-28-12)23-20-24-19(27)16(29-20)11-13-9-14(21(2,3)4)18(26)15(10-13)22(5,6)7/h8-11,26H,1-7H3,(H,23,24,25,27)/b16-11-. The molecule has 0 radical (unpaired) electrons. The fourth-order valence-electron chi connectivity index (χ4n) is 3.03. The third-order valence-electron chi connectivity index (χ3n) is 4.53. The van der Waals surface area contributed by atoms with Gasteiger partial charge < -0.3 is 14.9 Å². The van der Waals surface area contributed by atoms with E-state index in [4.69, 9.17) is 4.52 Å². The Hall–Kier alpha value is -2.54. The highest BCUT2D eigenvalue weighted by atomic mass is 32.2. The van der Waals surface area contributed by atoms with Crippen molar-refractivity contribution in [2.45, 2.75) is 59.3 Å². The number of phenolic OH excluding ortho intramolecular Hbond substituents is 1. The first-order chi connectivity index (χ1) is 13.3. The largest absolute Gasteiger partial charge is 0.507 e. The predicted molar refractivity (Wildman–Crippen MR) is 118 cm³/mol. The lowest BCUT2D eigenvalue weighted by Gasteiger charge is -2.28. The number of aromatic hydroxyl groups is 1. The molecule has 2 aromatic rings. The Morgan fingerprint density at radius 2 is 1.69 bits per heavy atom. The number of carbonyl (C=O) groups excluding carboxylic acids is 1. The van der Waals surface area contributed by atoms with Crippen molar-refractivity contribution in [2.24, 2.45) is 4.99 Å². The molecule has 6 nitrogen and oxygen atoms in total. The molecule has 0 unspecified atom stereocenters. The number of aromatic nitrogens is 1. The van der Waals surface area contributed by atoms with E-state index >= 15 is 0 Å². The van der Waals surface area contributed by atoms with Crippen LogP contribution in [0.25, 0.3) is 6.08 Å². The monoisotopic (exact) mass is 413 g/mol. The summed E-state index contributed by atoms with van der Waals surface area (Å²) in [5.41, 5.74) is 2.11. The van der Waals surface area contributed by atoms with Gasteiger partial charge in [0.05, 0.1) is 4.91 Å². The third-order valence-corrected chi connectivity index (χ3v) is 5.44. The highest BCUT2D eigenvalue weighted by Gasteiger charge is 2.28. The van der Waals surface area contributed by atoms with Crippen LogP contribution in [0.5, 0.6) is 5.75 Å². The Morgan fingerprint density at radius 3 is 2.17 bits per heavy atom. The SMILES string of the molecule is Cc1cc(N=C2NC(=O)/C(=C/c3cc(C(C)(C)C)c(O)c(C(C)(C)C)c3)S2)no1. The smallest absolute Gasteiger partial charge is 0.264 e. The number of aliphatic imine (C=N–C) groups is 1. The van der Waals surface area contributed by atoms with Crippen molar-refractivity contribution in [3.05, 3.63) is 45.6 Å². The molecular formula is C22H27N3O3S. The molecule has 1 fully saturated rings. The first-order valence-electron chi connectivity index (χ1n) is 9.45. The van der Waals surface area contributed by atoms with Crippen LogP contribution in [0.2, 0.25) is 0 Å². The van der Waals surface area contributed by atoms with Gasteiger partial charge in [-0.25, -0.2) is 4.99 Å². The molecule has 1 amide bonds. The van der Waals surface area contributed by atoms with Crippen molar-refractivity contribution in [2.75, 3.05) is 0 Å².